The Balaban J connectivity index is 4.25. The van der Waals surface area contributed by atoms with Gasteiger partial charge in [0.05, 0.1) is 0 Å². The van der Waals surface area contributed by atoms with Gasteiger partial charge in [-0.25, -0.2) is 0 Å². The lowest BCUT2D eigenvalue weighted by molar-refractivity contribution is 0.563. The molecule has 0 saturated carbocycles. The largest absolute Gasteiger partial charge is 0.319 e. The lowest BCUT2D eigenvalue weighted by Gasteiger charge is -2.17. The maximum absolute atomic E-state index is 12.1. The second-order valence-corrected chi connectivity index (χ2v) is 7.29. The molecule has 0 aliphatic carbocycles. The summed E-state index contributed by atoms with van der Waals surface area (Å²) < 4.78 is 12.1. The molecule has 0 rings (SSSR count). The molecule has 0 fully saturated rings. The van der Waals surface area contributed by atoms with E-state index in [-0.39, 0.29) is 0 Å². The molecule has 0 spiro atoms. The van der Waals surface area contributed by atoms with Crippen molar-refractivity contribution in [2.24, 2.45) is 11.8 Å². The standard InChI is InChI=1S/C10H21OP/c1-6-12(11,7-9(2)3)8-10(4)5/h6,9-10H,1,7-8H2,2-5H3. The molecule has 0 atom stereocenters. The number of rotatable bonds is 5. The molecule has 0 unspecified atom stereocenters. The first-order valence-electron chi connectivity index (χ1n) is 4.61. The first kappa shape index (κ1) is 12.0. The molecule has 12 heavy (non-hydrogen) atoms. The van der Waals surface area contributed by atoms with Crippen LogP contribution >= 0.6 is 7.14 Å². The van der Waals surface area contributed by atoms with Crippen molar-refractivity contribution in [1.29, 1.82) is 0 Å². The molecule has 0 N–H and O–H groups in total. The van der Waals surface area contributed by atoms with Gasteiger partial charge in [-0.05, 0) is 17.7 Å². The lowest BCUT2D eigenvalue weighted by atomic mass is 10.3. The van der Waals surface area contributed by atoms with Crippen LogP contribution in [0.5, 0.6) is 0 Å². The summed E-state index contributed by atoms with van der Waals surface area (Å²) in [5.41, 5.74) is 0. The molecule has 2 heteroatoms. The third kappa shape index (κ3) is 4.77. The van der Waals surface area contributed by atoms with Crippen molar-refractivity contribution in [3.8, 4) is 0 Å². The third-order valence-electron chi connectivity index (χ3n) is 1.68. The zero-order valence-corrected chi connectivity index (χ0v) is 9.60. The quantitative estimate of drug-likeness (QED) is 0.600. The Kier molecular flexibility index (Phi) is 4.85. The maximum Gasteiger partial charge on any atom is 0.108 e. The van der Waals surface area contributed by atoms with Crippen LogP contribution in [0.15, 0.2) is 12.4 Å². The number of hydrogen-bond donors (Lipinski definition) is 0. The maximum atomic E-state index is 12.1. The molecule has 0 aromatic carbocycles. The Morgan fingerprint density at radius 2 is 1.50 bits per heavy atom. The van der Waals surface area contributed by atoms with Gasteiger partial charge in [0.25, 0.3) is 0 Å². The molecule has 0 aliphatic heterocycles. The molecule has 0 aromatic rings. The Bertz CT molecular complexity index is 168. The van der Waals surface area contributed by atoms with Crippen LogP contribution < -0.4 is 0 Å². The summed E-state index contributed by atoms with van der Waals surface area (Å²) in [4.78, 5) is 0. The van der Waals surface area contributed by atoms with Crippen LogP contribution in [-0.2, 0) is 4.57 Å². The predicted molar refractivity (Wildman–Crippen MR) is 57.2 cm³/mol. The highest BCUT2D eigenvalue weighted by Crippen LogP contribution is 2.49. The lowest BCUT2D eigenvalue weighted by Crippen LogP contribution is -2.04. The molecule has 0 saturated heterocycles. The third-order valence-corrected chi connectivity index (χ3v) is 5.04. The van der Waals surface area contributed by atoms with E-state index in [9.17, 15) is 4.57 Å². The molecule has 1 nitrogen and oxygen atoms in total. The summed E-state index contributed by atoms with van der Waals surface area (Å²) in [6, 6.07) is 0. The highest BCUT2D eigenvalue weighted by atomic mass is 31.2. The van der Waals surface area contributed by atoms with Gasteiger partial charge in [-0.15, -0.1) is 0 Å². The van der Waals surface area contributed by atoms with Crippen molar-refractivity contribution in [3.63, 3.8) is 0 Å². The summed E-state index contributed by atoms with van der Waals surface area (Å²) in [5.74, 6) is 2.70. The zero-order valence-electron chi connectivity index (χ0n) is 8.71. The highest BCUT2D eigenvalue weighted by Gasteiger charge is 2.20. The van der Waals surface area contributed by atoms with E-state index in [2.05, 4.69) is 34.3 Å². The van der Waals surface area contributed by atoms with E-state index in [0.29, 0.717) is 11.8 Å². The van der Waals surface area contributed by atoms with Crippen LogP contribution in [-0.4, -0.2) is 12.3 Å². The SMILES string of the molecule is C=CP(=O)(CC(C)C)CC(C)C. The Morgan fingerprint density at radius 1 is 1.17 bits per heavy atom. The summed E-state index contributed by atoms with van der Waals surface area (Å²) in [6.45, 7) is 12.1. The van der Waals surface area contributed by atoms with Crippen LogP contribution in [0.4, 0.5) is 0 Å². The summed E-state index contributed by atoms with van der Waals surface area (Å²) >= 11 is 0. The Hall–Kier alpha value is -0.0300. The predicted octanol–water partition coefficient (Wildman–Crippen LogP) is 3.81. The van der Waals surface area contributed by atoms with Crippen molar-refractivity contribution in [3.05, 3.63) is 12.4 Å². The normalized spacial score (nSPS) is 12.5. The molecule has 0 amide bonds. The fraction of sp³-hybridized carbons (Fsp3) is 0.800. The second kappa shape index (κ2) is 4.87. The molecule has 0 radical (unpaired) electrons. The van der Waals surface area contributed by atoms with E-state index < -0.39 is 7.14 Å². The van der Waals surface area contributed by atoms with Crippen LogP contribution in [0, 0.1) is 11.8 Å². The molecular formula is C10H21OP. The number of hydrogen-bond acceptors (Lipinski definition) is 1. The molecular weight excluding hydrogens is 167 g/mol. The van der Waals surface area contributed by atoms with Gasteiger partial charge >= 0.3 is 0 Å². The fourth-order valence-corrected chi connectivity index (χ4v) is 4.38. The molecule has 0 aromatic heterocycles. The first-order chi connectivity index (χ1) is 5.39. The van der Waals surface area contributed by atoms with Gasteiger partial charge < -0.3 is 4.57 Å². The smallest absolute Gasteiger partial charge is 0.108 e. The van der Waals surface area contributed by atoms with Gasteiger partial charge in [-0.3, -0.25) is 0 Å². The van der Waals surface area contributed by atoms with Gasteiger partial charge in [-0.1, -0.05) is 34.3 Å². The first-order valence-corrected chi connectivity index (χ1v) is 6.75. The van der Waals surface area contributed by atoms with Crippen molar-refractivity contribution >= 4 is 7.14 Å². The average Bonchev–Trinajstić information content (AvgIpc) is 1.83. The van der Waals surface area contributed by atoms with E-state index in [1.165, 1.54) is 0 Å². The van der Waals surface area contributed by atoms with Gasteiger partial charge in [0, 0.05) is 12.3 Å². The molecule has 0 bridgehead atoms. The van der Waals surface area contributed by atoms with Crippen LogP contribution in [0.2, 0.25) is 0 Å². The summed E-state index contributed by atoms with van der Waals surface area (Å²) in [5, 5.41) is 0. The van der Waals surface area contributed by atoms with Crippen LogP contribution in [0.25, 0.3) is 0 Å². The highest BCUT2D eigenvalue weighted by molar-refractivity contribution is 7.67. The van der Waals surface area contributed by atoms with Gasteiger partial charge in [0.2, 0.25) is 0 Å². The van der Waals surface area contributed by atoms with Crippen molar-refractivity contribution in [1.82, 2.24) is 0 Å². The van der Waals surface area contributed by atoms with Crippen molar-refractivity contribution < 1.29 is 4.57 Å². The van der Waals surface area contributed by atoms with Crippen LogP contribution in [0.3, 0.4) is 0 Å². The minimum atomic E-state index is -2.05. The topological polar surface area (TPSA) is 17.1 Å². The van der Waals surface area contributed by atoms with Gasteiger partial charge in [0.1, 0.15) is 7.14 Å². The average molecular weight is 188 g/mol. The molecule has 0 heterocycles. The van der Waals surface area contributed by atoms with Crippen molar-refractivity contribution in [2.75, 3.05) is 12.3 Å². The zero-order chi connectivity index (χ0) is 9.78. The van der Waals surface area contributed by atoms with Gasteiger partial charge in [0.15, 0.2) is 0 Å². The second-order valence-electron chi connectivity index (χ2n) is 4.29. The monoisotopic (exact) mass is 188 g/mol. The van der Waals surface area contributed by atoms with E-state index >= 15 is 0 Å². The fourth-order valence-electron chi connectivity index (χ4n) is 1.46. The molecule has 72 valence electrons. The minimum absolute atomic E-state index is 0.507. The van der Waals surface area contributed by atoms with E-state index in [1.807, 2.05) is 0 Å². The Morgan fingerprint density at radius 3 is 1.67 bits per heavy atom. The van der Waals surface area contributed by atoms with E-state index in [4.69, 9.17) is 0 Å². The van der Waals surface area contributed by atoms with E-state index in [1.54, 1.807) is 5.82 Å². The summed E-state index contributed by atoms with van der Waals surface area (Å²) in [7, 11) is -2.05. The minimum Gasteiger partial charge on any atom is -0.319 e. The van der Waals surface area contributed by atoms with E-state index in [0.717, 1.165) is 12.3 Å². The van der Waals surface area contributed by atoms with Crippen LogP contribution in [0.1, 0.15) is 27.7 Å². The Labute approximate surface area is 76.6 Å². The van der Waals surface area contributed by atoms with Crippen molar-refractivity contribution in [2.45, 2.75) is 27.7 Å². The summed E-state index contributed by atoms with van der Waals surface area (Å²) in [6.07, 6.45) is 1.63. The molecule has 0 aliphatic rings. The van der Waals surface area contributed by atoms with Gasteiger partial charge in [-0.2, -0.15) is 0 Å².